The van der Waals surface area contributed by atoms with Gasteiger partial charge in [-0.15, -0.1) is 11.3 Å². The molecule has 0 atom stereocenters. The number of fused-ring (bicyclic) bond motifs is 1. The van der Waals surface area contributed by atoms with Crippen molar-refractivity contribution in [2.45, 2.75) is 0 Å². The molecule has 2 aromatic carbocycles. The van der Waals surface area contributed by atoms with E-state index in [9.17, 15) is 22.8 Å². The van der Waals surface area contributed by atoms with Crippen LogP contribution in [0.3, 0.4) is 0 Å². The fourth-order valence-corrected chi connectivity index (χ4v) is 3.20. The molecule has 128 valence electrons. The molecule has 1 N–H and O–H groups in total. The van der Waals surface area contributed by atoms with Crippen LogP contribution < -0.4 is 5.32 Å². The highest BCUT2D eigenvalue weighted by Gasteiger charge is 2.19. The van der Waals surface area contributed by atoms with Crippen LogP contribution in [-0.4, -0.2) is 19.0 Å². The zero-order valence-corrected chi connectivity index (χ0v) is 13.5. The lowest BCUT2D eigenvalue weighted by Crippen LogP contribution is -2.13. The van der Waals surface area contributed by atoms with Gasteiger partial charge in [-0.1, -0.05) is 6.07 Å². The summed E-state index contributed by atoms with van der Waals surface area (Å²) in [6.45, 7) is 0. The fraction of sp³-hybridized carbons (Fsp3) is 0.0588. The Morgan fingerprint density at radius 2 is 1.80 bits per heavy atom. The van der Waals surface area contributed by atoms with E-state index in [2.05, 4.69) is 10.1 Å². The Bertz CT molecular complexity index is 1000. The number of nitrogens with one attached hydrogen (secondary N) is 1. The minimum atomic E-state index is -1.11. The first-order chi connectivity index (χ1) is 11.9. The predicted molar refractivity (Wildman–Crippen MR) is 87.4 cm³/mol. The topological polar surface area (TPSA) is 55.4 Å². The summed E-state index contributed by atoms with van der Waals surface area (Å²) < 4.78 is 46.2. The number of carbonyl (C=O) groups is 2. The zero-order valence-electron chi connectivity index (χ0n) is 12.7. The minimum absolute atomic E-state index is 0.142. The first-order valence-corrected chi connectivity index (χ1v) is 7.79. The number of esters is 1. The second-order valence-electron chi connectivity index (χ2n) is 5.02. The molecule has 8 heteroatoms. The second-order valence-corrected chi connectivity index (χ2v) is 6.10. The number of ether oxygens (including phenoxy) is 1. The van der Waals surface area contributed by atoms with Crippen LogP contribution >= 0.6 is 11.3 Å². The van der Waals surface area contributed by atoms with Crippen molar-refractivity contribution in [2.75, 3.05) is 12.4 Å². The first-order valence-electron chi connectivity index (χ1n) is 6.97. The minimum Gasteiger partial charge on any atom is -0.465 e. The van der Waals surface area contributed by atoms with Crippen molar-refractivity contribution >= 4 is 39.0 Å². The molecule has 25 heavy (non-hydrogen) atoms. The molecule has 0 bridgehead atoms. The maximum atomic E-state index is 13.9. The largest absolute Gasteiger partial charge is 0.465 e. The molecular formula is C17H10F3NO3S. The van der Waals surface area contributed by atoms with E-state index in [-0.39, 0.29) is 16.0 Å². The molecule has 0 radical (unpaired) electrons. The number of rotatable bonds is 3. The summed E-state index contributed by atoms with van der Waals surface area (Å²) >= 11 is 1.02. The van der Waals surface area contributed by atoms with Gasteiger partial charge in [0.05, 0.1) is 23.2 Å². The monoisotopic (exact) mass is 365 g/mol. The van der Waals surface area contributed by atoms with Gasteiger partial charge in [0.15, 0.2) is 0 Å². The van der Waals surface area contributed by atoms with Gasteiger partial charge in [0.1, 0.15) is 17.5 Å². The summed E-state index contributed by atoms with van der Waals surface area (Å²) in [5.41, 5.74) is -0.897. The van der Waals surface area contributed by atoms with E-state index in [1.165, 1.54) is 18.2 Å². The Morgan fingerprint density at radius 3 is 2.48 bits per heavy atom. The third-order valence-electron chi connectivity index (χ3n) is 3.44. The van der Waals surface area contributed by atoms with Crippen LogP contribution in [0, 0.1) is 17.5 Å². The van der Waals surface area contributed by atoms with E-state index in [0.29, 0.717) is 10.8 Å². The maximum absolute atomic E-state index is 13.9. The molecule has 0 saturated heterocycles. The Kier molecular flexibility index (Phi) is 4.45. The molecule has 0 aliphatic rings. The van der Waals surface area contributed by atoms with Crippen LogP contribution in [0.4, 0.5) is 18.9 Å². The molecule has 0 spiro atoms. The molecule has 1 amide bonds. The Balaban J connectivity index is 1.94. The molecule has 3 rings (SSSR count). The van der Waals surface area contributed by atoms with Crippen LogP contribution in [0.1, 0.15) is 20.0 Å². The second kappa shape index (κ2) is 6.56. The van der Waals surface area contributed by atoms with Crippen molar-refractivity contribution < 1.29 is 27.5 Å². The van der Waals surface area contributed by atoms with Crippen molar-refractivity contribution in [3.05, 3.63) is 64.3 Å². The van der Waals surface area contributed by atoms with E-state index < -0.39 is 34.9 Å². The summed E-state index contributed by atoms with van der Waals surface area (Å²) in [5.74, 6) is -4.34. The lowest BCUT2D eigenvalue weighted by Gasteiger charge is -2.08. The van der Waals surface area contributed by atoms with Crippen LogP contribution in [0.5, 0.6) is 0 Å². The number of hydrogen-bond acceptors (Lipinski definition) is 4. The van der Waals surface area contributed by atoms with Crippen LogP contribution in [-0.2, 0) is 4.74 Å². The molecule has 0 saturated carbocycles. The van der Waals surface area contributed by atoms with Gasteiger partial charge < -0.3 is 10.1 Å². The normalized spacial score (nSPS) is 10.7. The highest BCUT2D eigenvalue weighted by atomic mass is 32.1. The third-order valence-corrected chi connectivity index (χ3v) is 4.54. The van der Waals surface area contributed by atoms with E-state index in [1.807, 2.05) is 0 Å². The quantitative estimate of drug-likeness (QED) is 0.702. The average molecular weight is 365 g/mol. The fourth-order valence-electron chi connectivity index (χ4n) is 2.23. The van der Waals surface area contributed by atoms with Crippen LogP contribution in [0.25, 0.3) is 10.1 Å². The van der Waals surface area contributed by atoms with Gasteiger partial charge in [0, 0.05) is 16.2 Å². The molecule has 3 aromatic rings. The highest BCUT2D eigenvalue weighted by molar-refractivity contribution is 7.20. The summed E-state index contributed by atoms with van der Waals surface area (Å²) in [6.07, 6.45) is 0. The van der Waals surface area contributed by atoms with Gasteiger partial charge in [-0.2, -0.15) is 0 Å². The number of methoxy groups -OCH3 is 1. The lowest BCUT2D eigenvalue weighted by atomic mass is 10.1. The molecule has 1 heterocycles. The molecule has 1 aromatic heterocycles. The van der Waals surface area contributed by atoms with E-state index in [1.54, 1.807) is 6.07 Å². The van der Waals surface area contributed by atoms with E-state index >= 15 is 0 Å². The number of hydrogen-bond donors (Lipinski definition) is 1. The molecule has 0 unspecified atom stereocenters. The number of benzene rings is 2. The Hall–Kier alpha value is -2.87. The van der Waals surface area contributed by atoms with Gasteiger partial charge in [-0.25, -0.2) is 18.0 Å². The predicted octanol–water partition coefficient (Wildman–Crippen LogP) is 4.36. The molecule has 0 aliphatic carbocycles. The van der Waals surface area contributed by atoms with Crippen molar-refractivity contribution in [2.24, 2.45) is 0 Å². The molecule has 0 fully saturated rings. The number of anilines is 1. The van der Waals surface area contributed by atoms with Gasteiger partial charge >= 0.3 is 5.97 Å². The van der Waals surface area contributed by atoms with Crippen molar-refractivity contribution in [3.8, 4) is 0 Å². The van der Waals surface area contributed by atoms with E-state index in [0.717, 1.165) is 24.5 Å². The van der Waals surface area contributed by atoms with Gasteiger partial charge in [-0.05, 0) is 24.3 Å². The maximum Gasteiger partial charge on any atom is 0.340 e. The molecular weight excluding hydrogens is 355 g/mol. The summed E-state index contributed by atoms with van der Waals surface area (Å²) in [7, 11) is 1.05. The summed E-state index contributed by atoms with van der Waals surface area (Å²) in [6, 6.07) is 7.09. The van der Waals surface area contributed by atoms with Crippen molar-refractivity contribution in [3.63, 3.8) is 0 Å². The van der Waals surface area contributed by atoms with Crippen LogP contribution in [0.15, 0.2) is 36.4 Å². The standard InChI is InChI=1S/C17H10F3NO3S/c1-24-17(23)9-5-13(12(20)7-11(9)19)21-16(22)15-6-8-10(18)3-2-4-14(8)25-15/h2-7H,1H3,(H,21,22). The first kappa shape index (κ1) is 17.0. The van der Waals surface area contributed by atoms with Gasteiger partial charge in [-0.3, -0.25) is 4.79 Å². The van der Waals surface area contributed by atoms with Crippen molar-refractivity contribution in [1.82, 2.24) is 0 Å². The average Bonchev–Trinajstić information content (AvgIpc) is 3.02. The highest BCUT2D eigenvalue weighted by Crippen LogP contribution is 2.29. The summed E-state index contributed by atoms with van der Waals surface area (Å²) in [5, 5.41) is 2.52. The van der Waals surface area contributed by atoms with Crippen LogP contribution in [0.2, 0.25) is 0 Å². The number of carbonyl (C=O) groups excluding carboxylic acids is 2. The summed E-state index contributed by atoms with van der Waals surface area (Å²) in [4.78, 5) is 23.9. The number of thiophene rings is 1. The van der Waals surface area contributed by atoms with Crippen molar-refractivity contribution in [1.29, 1.82) is 0 Å². The SMILES string of the molecule is COC(=O)c1cc(NC(=O)c2cc3c(F)cccc3s2)c(F)cc1F. The van der Waals surface area contributed by atoms with E-state index in [4.69, 9.17) is 0 Å². The van der Waals surface area contributed by atoms with Gasteiger partial charge in [0.2, 0.25) is 0 Å². The number of amides is 1. The lowest BCUT2D eigenvalue weighted by molar-refractivity contribution is 0.0595. The zero-order chi connectivity index (χ0) is 18.1. The Labute approximate surface area is 143 Å². The molecule has 4 nitrogen and oxygen atoms in total. The Morgan fingerprint density at radius 1 is 1.04 bits per heavy atom. The third kappa shape index (κ3) is 3.20. The molecule has 0 aliphatic heterocycles. The number of halogens is 3. The smallest absolute Gasteiger partial charge is 0.340 e. The van der Waals surface area contributed by atoms with Gasteiger partial charge in [0.25, 0.3) is 5.91 Å².